The van der Waals surface area contributed by atoms with Crippen LogP contribution in [0.25, 0.3) is 0 Å². The molecule has 0 heterocycles. The molecule has 0 saturated heterocycles. The van der Waals surface area contributed by atoms with E-state index in [0.717, 1.165) is 6.07 Å². The fraction of sp³-hybridized carbons (Fsp3) is 0.417. The van der Waals surface area contributed by atoms with Crippen molar-refractivity contribution >= 4 is 17.7 Å². The van der Waals surface area contributed by atoms with Crippen molar-refractivity contribution in [1.82, 2.24) is 0 Å². The molecule has 5 heteroatoms. The van der Waals surface area contributed by atoms with Crippen LogP contribution in [0.15, 0.2) is 18.2 Å². The van der Waals surface area contributed by atoms with Crippen LogP contribution in [0, 0.1) is 5.82 Å². The van der Waals surface area contributed by atoms with Gasteiger partial charge in [-0.05, 0) is 30.7 Å². The molecule has 0 amide bonds. The molecule has 2 N–H and O–H groups in total. The molecule has 2 unspecified atom stereocenters. The van der Waals surface area contributed by atoms with Gasteiger partial charge in [0.15, 0.2) is 0 Å². The molecule has 0 bridgehead atoms. The van der Waals surface area contributed by atoms with Gasteiger partial charge in [-0.15, -0.1) is 0 Å². The molecule has 0 radical (unpaired) electrons. The van der Waals surface area contributed by atoms with Crippen molar-refractivity contribution in [2.24, 2.45) is 0 Å². The molecular formula is C12H15FO3S. The van der Waals surface area contributed by atoms with E-state index in [0.29, 0.717) is 11.3 Å². The third kappa shape index (κ3) is 4.36. The van der Waals surface area contributed by atoms with E-state index in [1.165, 1.54) is 23.9 Å². The highest BCUT2D eigenvalue weighted by molar-refractivity contribution is 7.99. The number of carboxylic acids is 1. The molecule has 0 spiro atoms. The first kappa shape index (κ1) is 14.0. The summed E-state index contributed by atoms with van der Waals surface area (Å²) < 4.78 is 13.1. The number of aromatic carboxylic acids is 1. The third-order valence-corrected chi connectivity index (χ3v) is 3.82. The van der Waals surface area contributed by atoms with Crippen molar-refractivity contribution in [1.29, 1.82) is 0 Å². The van der Waals surface area contributed by atoms with E-state index >= 15 is 0 Å². The molecule has 2 atom stereocenters. The van der Waals surface area contributed by atoms with Gasteiger partial charge in [0.25, 0.3) is 0 Å². The minimum absolute atomic E-state index is 0.0199. The number of hydrogen-bond donors (Lipinski definition) is 2. The largest absolute Gasteiger partial charge is 0.478 e. The highest BCUT2D eigenvalue weighted by atomic mass is 32.2. The van der Waals surface area contributed by atoms with Crippen LogP contribution in [0.5, 0.6) is 0 Å². The summed E-state index contributed by atoms with van der Waals surface area (Å²) in [5.74, 6) is -1.21. The zero-order valence-electron chi connectivity index (χ0n) is 9.68. The van der Waals surface area contributed by atoms with Crippen LogP contribution in [-0.4, -0.2) is 27.5 Å². The van der Waals surface area contributed by atoms with Crippen molar-refractivity contribution in [3.8, 4) is 0 Å². The number of aliphatic hydroxyl groups is 1. The summed E-state index contributed by atoms with van der Waals surface area (Å²) in [7, 11) is 0. The van der Waals surface area contributed by atoms with Crippen molar-refractivity contribution in [2.75, 3.05) is 0 Å². The predicted molar refractivity (Wildman–Crippen MR) is 65.8 cm³/mol. The van der Waals surface area contributed by atoms with Crippen molar-refractivity contribution in [3.63, 3.8) is 0 Å². The standard InChI is InChI=1S/C12H15FO3S/c1-7(14)8(2)17-6-9-3-10(12(15)16)5-11(13)4-9/h3-5,7-8,14H,6H2,1-2H3,(H,15,16). The van der Waals surface area contributed by atoms with Gasteiger partial charge >= 0.3 is 5.97 Å². The molecule has 0 saturated carbocycles. The first-order valence-corrected chi connectivity index (χ1v) is 6.27. The maximum Gasteiger partial charge on any atom is 0.335 e. The SMILES string of the molecule is CC(O)C(C)SCc1cc(F)cc(C(=O)O)c1. The van der Waals surface area contributed by atoms with Crippen molar-refractivity contribution < 1.29 is 19.4 Å². The molecular weight excluding hydrogens is 243 g/mol. The molecule has 3 nitrogen and oxygen atoms in total. The number of carboxylic acid groups (broad SMARTS) is 1. The lowest BCUT2D eigenvalue weighted by molar-refractivity contribution is 0.0696. The van der Waals surface area contributed by atoms with Gasteiger partial charge in [-0.2, -0.15) is 11.8 Å². The van der Waals surface area contributed by atoms with Crippen LogP contribution in [0.1, 0.15) is 29.8 Å². The lowest BCUT2D eigenvalue weighted by atomic mass is 10.1. The second-order valence-corrected chi connectivity index (χ2v) is 5.28. The Kier molecular flexibility index (Phi) is 4.96. The Morgan fingerprint density at radius 1 is 1.41 bits per heavy atom. The van der Waals surface area contributed by atoms with Crippen LogP contribution in [0.3, 0.4) is 0 Å². The van der Waals surface area contributed by atoms with Crippen LogP contribution in [0.2, 0.25) is 0 Å². The van der Waals surface area contributed by atoms with Crippen molar-refractivity contribution in [3.05, 3.63) is 35.1 Å². The Morgan fingerprint density at radius 3 is 2.59 bits per heavy atom. The Bertz CT molecular complexity index is 407. The van der Waals surface area contributed by atoms with Gasteiger partial charge < -0.3 is 10.2 Å². The summed E-state index contributed by atoms with van der Waals surface area (Å²) in [4.78, 5) is 10.7. The number of benzene rings is 1. The van der Waals surface area contributed by atoms with Crippen molar-refractivity contribution in [2.45, 2.75) is 31.0 Å². The predicted octanol–water partition coefficient (Wildman–Crippen LogP) is 2.53. The molecule has 0 aliphatic heterocycles. The van der Waals surface area contributed by atoms with Crippen LogP contribution in [0.4, 0.5) is 4.39 Å². The monoisotopic (exact) mass is 258 g/mol. The van der Waals surface area contributed by atoms with E-state index in [1.54, 1.807) is 6.92 Å². The number of thioether (sulfide) groups is 1. The Morgan fingerprint density at radius 2 is 2.06 bits per heavy atom. The first-order chi connectivity index (χ1) is 7.90. The minimum Gasteiger partial charge on any atom is -0.478 e. The van der Waals surface area contributed by atoms with Gasteiger partial charge in [0, 0.05) is 11.0 Å². The van der Waals surface area contributed by atoms with E-state index in [1.807, 2.05) is 6.92 Å². The summed E-state index contributed by atoms with van der Waals surface area (Å²) in [5, 5.41) is 18.1. The molecule has 0 aliphatic carbocycles. The normalized spacial score (nSPS) is 14.4. The molecule has 1 aromatic carbocycles. The maximum atomic E-state index is 13.1. The average Bonchev–Trinajstić information content (AvgIpc) is 2.24. The van der Waals surface area contributed by atoms with E-state index in [9.17, 15) is 14.3 Å². The van der Waals surface area contributed by atoms with Gasteiger partial charge in [0.1, 0.15) is 5.82 Å². The number of rotatable bonds is 5. The summed E-state index contributed by atoms with van der Waals surface area (Å²) >= 11 is 1.46. The molecule has 1 rings (SSSR count). The first-order valence-electron chi connectivity index (χ1n) is 5.22. The summed E-state index contributed by atoms with van der Waals surface area (Å²) in [6, 6.07) is 3.76. The molecule has 1 aromatic rings. The van der Waals surface area contributed by atoms with E-state index in [4.69, 9.17) is 5.11 Å². The van der Waals surface area contributed by atoms with Gasteiger partial charge in [-0.3, -0.25) is 0 Å². The van der Waals surface area contributed by atoms with Crippen LogP contribution < -0.4 is 0 Å². The topological polar surface area (TPSA) is 57.5 Å². The average molecular weight is 258 g/mol. The minimum atomic E-state index is -1.14. The van der Waals surface area contributed by atoms with Gasteiger partial charge in [-0.1, -0.05) is 6.92 Å². The lowest BCUT2D eigenvalue weighted by Gasteiger charge is -2.14. The van der Waals surface area contributed by atoms with E-state index < -0.39 is 17.9 Å². The summed E-state index contributed by atoms with van der Waals surface area (Å²) in [6.07, 6.45) is -0.451. The number of carbonyl (C=O) groups is 1. The lowest BCUT2D eigenvalue weighted by Crippen LogP contribution is -2.15. The Labute approximate surface area is 104 Å². The van der Waals surface area contributed by atoms with E-state index in [2.05, 4.69) is 0 Å². The number of aliphatic hydroxyl groups excluding tert-OH is 1. The zero-order valence-corrected chi connectivity index (χ0v) is 10.5. The second-order valence-electron chi connectivity index (χ2n) is 3.91. The highest BCUT2D eigenvalue weighted by Crippen LogP contribution is 2.21. The Balaban J connectivity index is 2.74. The summed E-state index contributed by atoms with van der Waals surface area (Å²) in [5.41, 5.74) is 0.560. The molecule has 94 valence electrons. The molecule has 0 fully saturated rings. The third-order valence-electron chi connectivity index (χ3n) is 2.40. The molecule has 0 aliphatic rings. The summed E-state index contributed by atoms with van der Waals surface area (Å²) in [6.45, 7) is 3.55. The van der Waals surface area contributed by atoms with Gasteiger partial charge in [0.2, 0.25) is 0 Å². The number of hydrogen-bond acceptors (Lipinski definition) is 3. The van der Waals surface area contributed by atoms with Gasteiger partial charge in [-0.25, -0.2) is 9.18 Å². The Hall–Kier alpha value is -1.07. The molecule has 0 aromatic heterocycles. The van der Waals surface area contributed by atoms with E-state index in [-0.39, 0.29) is 10.8 Å². The van der Waals surface area contributed by atoms with Crippen LogP contribution in [-0.2, 0) is 5.75 Å². The van der Waals surface area contributed by atoms with Gasteiger partial charge in [0.05, 0.1) is 11.7 Å². The fourth-order valence-electron chi connectivity index (χ4n) is 1.22. The second kappa shape index (κ2) is 6.02. The zero-order chi connectivity index (χ0) is 13.0. The fourth-order valence-corrected chi connectivity index (χ4v) is 2.12. The smallest absolute Gasteiger partial charge is 0.335 e. The maximum absolute atomic E-state index is 13.1. The molecule has 17 heavy (non-hydrogen) atoms. The quantitative estimate of drug-likeness (QED) is 0.852. The highest BCUT2D eigenvalue weighted by Gasteiger charge is 2.11. The number of halogens is 1. The van der Waals surface area contributed by atoms with Crippen LogP contribution >= 0.6 is 11.8 Å².